The van der Waals surface area contributed by atoms with Crippen molar-refractivity contribution in [1.29, 1.82) is 0 Å². The average Bonchev–Trinajstić information content (AvgIpc) is 3.36. The molecule has 0 aromatic rings. The first-order valence-electron chi connectivity index (χ1n) is 31.1. The van der Waals surface area contributed by atoms with Crippen LogP contribution < -0.4 is 5.11 Å². The fraction of sp³-hybridized carbons (Fsp3) is 0.859. The molecule has 0 aliphatic rings. The Morgan fingerprint density at radius 2 is 0.740 bits per heavy atom. The van der Waals surface area contributed by atoms with Crippen molar-refractivity contribution in [1.82, 2.24) is 0 Å². The maximum atomic E-state index is 12.9. The number of likely N-dealkylation sites (N-methyl/N-ethyl adjacent to an activating group) is 1. The summed E-state index contributed by atoms with van der Waals surface area (Å²) in [4.78, 5) is 37.3. The molecule has 0 saturated heterocycles. The quantitative estimate of drug-likeness (QED) is 0.0195. The molecule has 0 bridgehead atoms. The van der Waals surface area contributed by atoms with Crippen LogP contribution in [0.1, 0.15) is 296 Å². The summed E-state index contributed by atoms with van der Waals surface area (Å²) in [6.07, 6.45) is 64.9. The molecule has 0 aromatic carbocycles. The average molecular weight is 1030 g/mol. The molecule has 0 fully saturated rings. The molecule has 0 aliphatic heterocycles. The first kappa shape index (κ1) is 70.5. The molecule has 9 heteroatoms. The number of nitrogens with zero attached hydrogens (tertiary/aromatic N) is 1. The Balaban J connectivity index is 4.14. The van der Waals surface area contributed by atoms with Gasteiger partial charge in [-0.15, -0.1) is 0 Å². The zero-order valence-electron chi connectivity index (χ0n) is 48.8. The lowest BCUT2D eigenvalue weighted by Gasteiger charge is -2.26. The van der Waals surface area contributed by atoms with Crippen molar-refractivity contribution in [3.8, 4) is 0 Å². The molecule has 0 saturated carbocycles. The molecule has 428 valence electrons. The number of unbranched alkanes of at least 4 members (excludes halogenated alkanes) is 37. The summed E-state index contributed by atoms with van der Waals surface area (Å²) in [5.41, 5.74) is 0. The molecule has 0 amide bonds. The van der Waals surface area contributed by atoms with Crippen molar-refractivity contribution in [2.24, 2.45) is 0 Å². The van der Waals surface area contributed by atoms with Crippen LogP contribution in [0.5, 0.6) is 0 Å². The minimum atomic E-state index is -1.62. The van der Waals surface area contributed by atoms with Gasteiger partial charge in [0.25, 0.3) is 0 Å². The SMILES string of the molecule is CCCCCCC/C=C\C/C=C\CCCCCCCCCCCCCCCCCCCC(=O)OC(COC(=O)CCCCCCCCCCC/C=C\CCCCCCCC)COC(OCC[N+](C)(C)C)C(=O)[O-]. The van der Waals surface area contributed by atoms with E-state index in [0.717, 1.165) is 38.5 Å². The molecule has 0 spiro atoms. The lowest BCUT2D eigenvalue weighted by molar-refractivity contribution is -0.870. The highest BCUT2D eigenvalue weighted by Crippen LogP contribution is 2.17. The van der Waals surface area contributed by atoms with Crippen molar-refractivity contribution >= 4 is 17.9 Å². The number of aliphatic carboxylic acids is 1. The van der Waals surface area contributed by atoms with Gasteiger partial charge >= 0.3 is 11.9 Å². The second kappa shape index (κ2) is 55.7. The largest absolute Gasteiger partial charge is 0.545 e. The van der Waals surface area contributed by atoms with Crippen LogP contribution in [0.15, 0.2) is 36.5 Å². The van der Waals surface area contributed by atoms with E-state index < -0.39 is 24.3 Å². The Hall–Kier alpha value is -2.49. The minimum Gasteiger partial charge on any atom is -0.545 e. The number of carboxylic acid groups (broad SMARTS) is 1. The first-order chi connectivity index (χ1) is 35.6. The van der Waals surface area contributed by atoms with Crippen LogP contribution in [0.3, 0.4) is 0 Å². The standard InChI is InChI=1S/C64H119NO8/c1-6-8-10-12-14-16-18-20-22-24-26-27-28-29-30-31-32-33-34-35-37-39-41-43-45-47-49-51-53-55-62(67)73-60(59-72-64(63(68)69)70-57-56-65(3,4)5)58-71-61(66)54-52-50-48-46-44-42-40-38-36-25-23-21-19-17-15-13-11-9-7-2/h18,20-21,23-24,26,60,64H,6-17,19,22,25,27-59H2,1-5H3/b20-18-,23-21-,26-24-. The van der Waals surface area contributed by atoms with Gasteiger partial charge in [0.05, 0.1) is 40.3 Å². The number of carbonyl (C=O) groups excluding carboxylic acids is 3. The Bertz CT molecular complexity index is 1290. The zero-order valence-corrected chi connectivity index (χ0v) is 48.8. The third-order valence-electron chi connectivity index (χ3n) is 13.9. The minimum absolute atomic E-state index is 0.149. The van der Waals surface area contributed by atoms with Crippen molar-refractivity contribution in [3.05, 3.63) is 36.5 Å². The van der Waals surface area contributed by atoms with Gasteiger partial charge in [0.15, 0.2) is 12.4 Å². The van der Waals surface area contributed by atoms with Crippen LogP contribution in [-0.2, 0) is 33.3 Å². The molecule has 0 radical (unpaired) electrons. The molecule has 0 aromatic heterocycles. The highest BCUT2D eigenvalue weighted by molar-refractivity contribution is 5.70. The number of rotatable bonds is 58. The number of hydrogen-bond acceptors (Lipinski definition) is 8. The summed E-state index contributed by atoms with van der Waals surface area (Å²) in [5.74, 6) is -2.27. The van der Waals surface area contributed by atoms with Crippen molar-refractivity contribution < 1.29 is 42.9 Å². The summed E-state index contributed by atoms with van der Waals surface area (Å²) < 4.78 is 22.7. The van der Waals surface area contributed by atoms with Crippen molar-refractivity contribution in [2.75, 3.05) is 47.5 Å². The smallest absolute Gasteiger partial charge is 0.306 e. The second-order valence-electron chi connectivity index (χ2n) is 22.3. The van der Waals surface area contributed by atoms with E-state index in [-0.39, 0.29) is 32.2 Å². The van der Waals surface area contributed by atoms with Gasteiger partial charge in [-0.05, 0) is 70.6 Å². The van der Waals surface area contributed by atoms with Gasteiger partial charge in [-0.25, -0.2) is 0 Å². The van der Waals surface area contributed by atoms with E-state index >= 15 is 0 Å². The molecule has 0 rings (SSSR count). The van der Waals surface area contributed by atoms with E-state index in [1.165, 1.54) is 225 Å². The van der Waals surface area contributed by atoms with Crippen molar-refractivity contribution in [3.63, 3.8) is 0 Å². The maximum absolute atomic E-state index is 12.9. The number of carboxylic acids is 1. The Morgan fingerprint density at radius 1 is 0.411 bits per heavy atom. The van der Waals surface area contributed by atoms with Gasteiger partial charge in [-0.2, -0.15) is 0 Å². The molecule has 9 nitrogen and oxygen atoms in total. The fourth-order valence-electron chi connectivity index (χ4n) is 9.03. The van der Waals surface area contributed by atoms with E-state index in [0.29, 0.717) is 23.9 Å². The van der Waals surface area contributed by atoms with Crippen LogP contribution in [0.4, 0.5) is 0 Å². The van der Waals surface area contributed by atoms with E-state index in [1.54, 1.807) is 0 Å². The summed E-state index contributed by atoms with van der Waals surface area (Å²) in [6.45, 7) is 4.77. The van der Waals surface area contributed by atoms with Gasteiger partial charge in [-0.3, -0.25) is 9.59 Å². The molecule has 2 atom stereocenters. The highest BCUT2D eigenvalue weighted by atomic mass is 16.7. The topological polar surface area (TPSA) is 111 Å². The highest BCUT2D eigenvalue weighted by Gasteiger charge is 2.22. The number of carbonyl (C=O) groups is 3. The third kappa shape index (κ3) is 57.1. The lowest BCUT2D eigenvalue weighted by atomic mass is 10.0. The molecule has 0 N–H and O–H groups in total. The molecule has 2 unspecified atom stereocenters. The molecular formula is C64H119NO8. The summed E-state index contributed by atoms with van der Waals surface area (Å²) >= 11 is 0. The van der Waals surface area contributed by atoms with Gasteiger partial charge in [0.2, 0.25) is 0 Å². The number of allylic oxidation sites excluding steroid dienone is 6. The number of esters is 2. The first-order valence-corrected chi connectivity index (χ1v) is 31.1. The Morgan fingerprint density at radius 3 is 1.10 bits per heavy atom. The van der Waals surface area contributed by atoms with Crippen LogP contribution in [-0.4, -0.2) is 82.3 Å². The van der Waals surface area contributed by atoms with Crippen LogP contribution in [0.2, 0.25) is 0 Å². The summed E-state index contributed by atoms with van der Waals surface area (Å²) in [5, 5.41) is 11.8. The van der Waals surface area contributed by atoms with Crippen LogP contribution >= 0.6 is 0 Å². The van der Waals surface area contributed by atoms with Crippen LogP contribution in [0.25, 0.3) is 0 Å². The number of hydrogen-bond donors (Lipinski definition) is 0. The van der Waals surface area contributed by atoms with Crippen molar-refractivity contribution in [2.45, 2.75) is 309 Å². The van der Waals surface area contributed by atoms with Crippen LogP contribution in [0, 0.1) is 0 Å². The Labute approximate surface area is 451 Å². The predicted octanol–water partition coefficient (Wildman–Crippen LogP) is 17.1. The third-order valence-corrected chi connectivity index (χ3v) is 13.9. The van der Waals surface area contributed by atoms with Gasteiger partial charge in [0.1, 0.15) is 13.2 Å². The number of quaternary nitrogens is 1. The Kier molecular flexibility index (Phi) is 53.8. The van der Waals surface area contributed by atoms with E-state index in [4.69, 9.17) is 18.9 Å². The molecule has 73 heavy (non-hydrogen) atoms. The van der Waals surface area contributed by atoms with E-state index in [1.807, 2.05) is 21.1 Å². The number of ether oxygens (including phenoxy) is 4. The van der Waals surface area contributed by atoms with E-state index in [9.17, 15) is 19.5 Å². The zero-order chi connectivity index (χ0) is 53.4. The molecule has 0 heterocycles. The lowest BCUT2D eigenvalue weighted by Crippen LogP contribution is -2.44. The maximum Gasteiger partial charge on any atom is 0.306 e. The van der Waals surface area contributed by atoms with Gasteiger partial charge in [0, 0.05) is 12.8 Å². The second-order valence-corrected chi connectivity index (χ2v) is 22.3. The summed E-state index contributed by atoms with van der Waals surface area (Å²) in [7, 11) is 5.93. The fourth-order valence-corrected chi connectivity index (χ4v) is 9.03. The van der Waals surface area contributed by atoms with Gasteiger partial charge in [-0.1, -0.05) is 249 Å². The predicted molar refractivity (Wildman–Crippen MR) is 306 cm³/mol. The van der Waals surface area contributed by atoms with E-state index in [2.05, 4.69) is 50.3 Å². The molecule has 0 aliphatic carbocycles. The van der Waals surface area contributed by atoms with Gasteiger partial charge < -0.3 is 33.3 Å². The monoisotopic (exact) mass is 1030 g/mol. The summed E-state index contributed by atoms with van der Waals surface area (Å²) in [6, 6.07) is 0. The molecular weight excluding hydrogens is 911 g/mol. The normalized spacial score (nSPS) is 12.9.